The molecule has 22 heavy (non-hydrogen) atoms. The molecule has 114 valence electrons. The third-order valence-electron chi connectivity index (χ3n) is 3.82. The molecule has 1 aromatic carbocycles. The lowest BCUT2D eigenvalue weighted by molar-refractivity contribution is 0.0747. The maximum atomic E-state index is 13.5. The Morgan fingerprint density at radius 2 is 1.86 bits per heavy atom. The van der Waals surface area contributed by atoms with E-state index in [1.165, 1.54) is 12.1 Å². The summed E-state index contributed by atoms with van der Waals surface area (Å²) >= 11 is 0. The number of anilines is 2. The third-order valence-corrected chi connectivity index (χ3v) is 3.82. The van der Waals surface area contributed by atoms with Crippen LogP contribution in [-0.4, -0.2) is 42.0 Å². The quantitative estimate of drug-likeness (QED) is 0.859. The number of hydrogen-bond acceptors (Lipinski definition) is 4. The predicted molar refractivity (Wildman–Crippen MR) is 83.2 cm³/mol. The molecule has 5 nitrogen and oxygen atoms in total. The summed E-state index contributed by atoms with van der Waals surface area (Å²) in [4.78, 5) is 20.6. The van der Waals surface area contributed by atoms with Crippen LogP contribution < -0.4 is 10.6 Å². The first-order chi connectivity index (χ1) is 10.7. The molecular formula is C16H17FN4O. The smallest absolute Gasteiger partial charge is 0.256 e. The fraction of sp³-hybridized carbons (Fsp3) is 0.250. The number of para-hydroxylation sites is 1. The zero-order chi connectivity index (χ0) is 15.5. The van der Waals surface area contributed by atoms with Gasteiger partial charge in [0.25, 0.3) is 5.91 Å². The Kier molecular flexibility index (Phi) is 3.91. The number of nitrogens with zero attached hydrogens (tertiary/aromatic N) is 3. The van der Waals surface area contributed by atoms with Gasteiger partial charge in [-0.2, -0.15) is 0 Å². The number of halogens is 1. The van der Waals surface area contributed by atoms with Gasteiger partial charge in [-0.3, -0.25) is 4.79 Å². The molecule has 0 bridgehead atoms. The Bertz CT molecular complexity index is 669. The molecule has 6 heteroatoms. The molecule has 1 aliphatic heterocycles. The van der Waals surface area contributed by atoms with Crippen LogP contribution in [0.2, 0.25) is 0 Å². The molecule has 1 amide bonds. The van der Waals surface area contributed by atoms with E-state index in [1.807, 2.05) is 18.2 Å². The first kappa shape index (κ1) is 14.3. The molecule has 1 aliphatic rings. The predicted octanol–water partition coefficient (Wildman–Crippen LogP) is 1.77. The monoisotopic (exact) mass is 300 g/mol. The fourth-order valence-corrected chi connectivity index (χ4v) is 2.57. The highest BCUT2D eigenvalue weighted by Crippen LogP contribution is 2.19. The van der Waals surface area contributed by atoms with Gasteiger partial charge in [-0.1, -0.05) is 12.1 Å². The molecule has 2 N–H and O–H groups in total. The Morgan fingerprint density at radius 3 is 2.55 bits per heavy atom. The van der Waals surface area contributed by atoms with E-state index in [-0.39, 0.29) is 17.2 Å². The van der Waals surface area contributed by atoms with Crippen LogP contribution in [0.25, 0.3) is 0 Å². The molecule has 1 aromatic heterocycles. The number of hydrogen-bond donors (Lipinski definition) is 1. The maximum Gasteiger partial charge on any atom is 0.256 e. The second-order valence-electron chi connectivity index (χ2n) is 5.17. The van der Waals surface area contributed by atoms with E-state index in [0.29, 0.717) is 26.2 Å². The summed E-state index contributed by atoms with van der Waals surface area (Å²) in [5.41, 5.74) is 5.81. The van der Waals surface area contributed by atoms with Crippen LogP contribution >= 0.6 is 0 Å². The van der Waals surface area contributed by atoms with Crippen molar-refractivity contribution in [3.05, 3.63) is 54.0 Å². The minimum atomic E-state index is -0.557. The Labute approximate surface area is 128 Å². The Balaban J connectivity index is 1.69. The van der Waals surface area contributed by atoms with Crippen LogP contribution in [0, 0.1) is 5.82 Å². The van der Waals surface area contributed by atoms with Crippen molar-refractivity contribution in [2.45, 2.75) is 0 Å². The van der Waals surface area contributed by atoms with Crippen molar-refractivity contribution in [3.63, 3.8) is 0 Å². The van der Waals surface area contributed by atoms with Gasteiger partial charge < -0.3 is 15.5 Å². The number of nitrogen functional groups attached to an aromatic ring is 1. The highest BCUT2D eigenvalue weighted by molar-refractivity contribution is 5.99. The highest BCUT2D eigenvalue weighted by Gasteiger charge is 2.24. The van der Waals surface area contributed by atoms with Crippen LogP contribution in [0.4, 0.5) is 15.9 Å². The summed E-state index contributed by atoms with van der Waals surface area (Å²) in [7, 11) is 0. The van der Waals surface area contributed by atoms with E-state index in [9.17, 15) is 9.18 Å². The normalized spacial score (nSPS) is 15.0. The second kappa shape index (κ2) is 6.01. The first-order valence-electron chi connectivity index (χ1n) is 7.16. The molecule has 0 saturated carbocycles. The molecule has 3 rings (SSSR count). The van der Waals surface area contributed by atoms with Gasteiger partial charge in [0.05, 0.1) is 11.3 Å². The minimum Gasteiger partial charge on any atom is -0.396 e. The van der Waals surface area contributed by atoms with Crippen LogP contribution in [0.5, 0.6) is 0 Å². The summed E-state index contributed by atoms with van der Waals surface area (Å²) in [6.07, 6.45) is 1.75. The molecule has 0 atom stereocenters. The lowest BCUT2D eigenvalue weighted by Crippen LogP contribution is -2.49. The summed E-state index contributed by atoms with van der Waals surface area (Å²) < 4.78 is 13.5. The van der Waals surface area contributed by atoms with E-state index in [1.54, 1.807) is 17.2 Å². The van der Waals surface area contributed by atoms with Gasteiger partial charge >= 0.3 is 0 Å². The number of piperazine rings is 1. The number of carbonyl (C=O) groups excluding carboxylic acids is 1. The van der Waals surface area contributed by atoms with Gasteiger partial charge in [-0.25, -0.2) is 9.37 Å². The van der Waals surface area contributed by atoms with Crippen LogP contribution in [0.1, 0.15) is 10.4 Å². The van der Waals surface area contributed by atoms with Gasteiger partial charge in [0.15, 0.2) is 0 Å². The highest BCUT2D eigenvalue weighted by atomic mass is 19.1. The van der Waals surface area contributed by atoms with Crippen molar-refractivity contribution >= 4 is 17.4 Å². The summed E-state index contributed by atoms with van der Waals surface area (Å²) in [6.45, 7) is 2.51. The van der Waals surface area contributed by atoms with Crippen molar-refractivity contribution in [1.29, 1.82) is 0 Å². The van der Waals surface area contributed by atoms with Gasteiger partial charge in [0.2, 0.25) is 0 Å². The average Bonchev–Trinajstić information content (AvgIpc) is 2.58. The zero-order valence-electron chi connectivity index (χ0n) is 12.1. The standard InChI is InChI=1S/C16H17FN4O/c17-13-5-3-4-12(15(13)18)16(22)21-10-8-20(9-11-21)14-6-1-2-7-19-14/h1-7H,8-11,18H2. The van der Waals surface area contributed by atoms with E-state index in [2.05, 4.69) is 9.88 Å². The number of rotatable bonds is 2. The Hall–Kier alpha value is -2.63. The molecule has 0 radical (unpaired) electrons. The van der Waals surface area contributed by atoms with Crippen LogP contribution in [0.3, 0.4) is 0 Å². The molecule has 0 spiro atoms. The lowest BCUT2D eigenvalue weighted by Gasteiger charge is -2.35. The Morgan fingerprint density at radius 1 is 1.09 bits per heavy atom. The van der Waals surface area contributed by atoms with Crippen LogP contribution in [0.15, 0.2) is 42.6 Å². The van der Waals surface area contributed by atoms with Crippen molar-refractivity contribution in [2.75, 3.05) is 36.8 Å². The van der Waals surface area contributed by atoms with Crippen molar-refractivity contribution in [3.8, 4) is 0 Å². The number of aromatic nitrogens is 1. The molecule has 1 saturated heterocycles. The topological polar surface area (TPSA) is 62.5 Å². The van der Waals surface area contributed by atoms with Gasteiger partial charge in [0.1, 0.15) is 11.6 Å². The number of pyridine rings is 1. The minimum absolute atomic E-state index is 0.0837. The van der Waals surface area contributed by atoms with E-state index in [4.69, 9.17) is 5.73 Å². The zero-order valence-corrected chi connectivity index (χ0v) is 12.1. The first-order valence-corrected chi connectivity index (χ1v) is 7.16. The summed E-state index contributed by atoms with van der Waals surface area (Å²) in [5.74, 6) is 0.121. The summed E-state index contributed by atoms with van der Waals surface area (Å²) in [6, 6.07) is 10.1. The van der Waals surface area contributed by atoms with Crippen molar-refractivity contribution in [1.82, 2.24) is 9.88 Å². The van der Waals surface area contributed by atoms with Crippen LogP contribution in [-0.2, 0) is 0 Å². The average molecular weight is 300 g/mol. The largest absolute Gasteiger partial charge is 0.396 e. The molecule has 0 aliphatic carbocycles. The van der Waals surface area contributed by atoms with E-state index < -0.39 is 5.82 Å². The molecule has 0 unspecified atom stereocenters. The number of amides is 1. The van der Waals surface area contributed by atoms with E-state index >= 15 is 0 Å². The van der Waals surface area contributed by atoms with Gasteiger partial charge in [0, 0.05) is 32.4 Å². The third kappa shape index (κ3) is 2.72. The van der Waals surface area contributed by atoms with Crippen molar-refractivity contribution in [2.24, 2.45) is 0 Å². The SMILES string of the molecule is Nc1c(F)cccc1C(=O)N1CCN(c2ccccn2)CC1. The number of benzene rings is 1. The van der Waals surface area contributed by atoms with E-state index in [0.717, 1.165) is 5.82 Å². The van der Waals surface area contributed by atoms with Crippen molar-refractivity contribution < 1.29 is 9.18 Å². The second-order valence-corrected chi connectivity index (χ2v) is 5.17. The molecule has 1 fully saturated rings. The molecule has 2 heterocycles. The molecule has 2 aromatic rings. The molecular weight excluding hydrogens is 283 g/mol. The maximum absolute atomic E-state index is 13.5. The lowest BCUT2D eigenvalue weighted by atomic mass is 10.1. The number of nitrogens with two attached hydrogens (primary N) is 1. The number of carbonyl (C=O) groups is 1. The van der Waals surface area contributed by atoms with Gasteiger partial charge in [-0.15, -0.1) is 0 Å². The van der Waals surface area contributed by atoms with Gasteiger partial charge in [-0.05, 0) is 24.3 Å². The summed E-state index contributed by atoms with van der Waals surface area (Å²) in [5, 5.41) is 0. The fourth-order valence-electron chi connectivity index (χ4n) is 2.57.